The van der Waals surface area contributed by atoms with E-state index in [1.54, 1.807) is 0 Å². The van der Waals surface area contributed by atoms with Gasteiger partial charge in [-0.05, 0) is 0 Å². The Morgan fingerprint density at radius 1 is 1.75 bits per heavy atom. The van der Waals surface area contributed by atoms with E-state index in [0.29, 0.717) is 5.92 Å². The lowest BCUT2D eigenvalue weighted by Crippen LogP contribution is -2.26. The molecule has 3 unspecified atom stereocenters. The highest BCUT2D eigenvalue weighted by Crippen LogP contribution is 2.40. The number of amides is 1. The van der Waals surface area contributed by atoms with E-state index in [4.69, 9.17) is 5.73 Å². The van der Waals surface area contributed by atoms with Gasteiger partial charge < -0.3 is 11.1 Å². The molecule has 2 aliphatic rings. The van der Waals surface area contributed by atoms with Crippen LogP contribution in [0.15, 0.2) is 0 Å². The molecular formula is C5H8N2O. The summed E-state index contributed by atoms with van der Waals surface area (Å²) in [5.41, 5.74) is 5.50. The number of carbonyl (C=O) groups is 1. The number of nitrogens with two attached hydrogens (primary N) is 1. The Labute approximate surface area is 47.2 Å². The Morgan fingerprint density at radius 2 is 2.50 bits per heavy atom. The van der Waals surface area contributed by atoms with Crippen LogP contribution in [0.4, 0.5) is 0 Å². The minimum Gasteiger partial charge on any atom is -0.355 e. The zero-order valence-electron chi connectivity index (χ0n) is 4.42. The van der Waals surface area contributed by atoms with Crippen molar-refractivity contribution in [3.8, 4) is 0 Å². The maximum Gasteiger partial charge on any atom is 0.225 e. The summed E-state index contributed by atoms with van der Waals surface area (Å²) in [6.45, 7) is 0.810. The van der Waals surface area contributed by atoms with Gasteiger partial charge in [0.1, 0.15) is 0 Å². The number of carbonyl (C=O) groups excluding carboxylic acids is 1. The maximum absolute atomic E-state index is 10.6. The third-order valence-corrected chi connectivity index (χ3v) is 2.04. The molecule has 2 fully saturated rings. The van der Waals surface area contributed by atoms with Crippen LogP contribution in [0.2, 0.25) is 0 Å². The van der Waals surface area contributed by atoms with Crippen LogP contribution in [0, 0.1) is 11.8 Å². The average Bonchev–Trinajstić information content (AvgIpc) is 2.13. The summed E-state index contributed by atoms with van der Waals surface area (Å²) >= 11 is 0. The van der Waals surface area contributed by atoms with E-state index in [1.807, 2.05) is 0 Å². The number of piperidine rings is 1. The molecule has 1 amide bonds. The number of nitrogens with one attached hydrogen (secondary N) is 1. The number of hydrogen-bond donors (Lipinski definition) is 2. The van der Waals surface area contributed by atoms with Crippen molar-refractivity contribution in [2.24, 2.45) is 17.6 Å². The van der Waals surface area contributed by atoms with Gasteiger partial charge in [-0.15, -0.1) is 0 Å². The van der Waals surface area contributed by atoms with Gasteiger partial charge in [0.05, 0.1) is 5.92 Å². The molecule has 3 atom stereocenters. The van der Waals surface area contributed by atoms with Gasteiger partial charge >= 0.3 is 0 Å². The highest BCUT2D eigenvalue weighted by atomic mass is 16.2. The summed E-state index contributed by atoms with van der Waals surface area (Å²) in [6.07, 6.45) is 0. The van der Waals surface area contributed by atoms with Crippen LogP contribution >= 0.6 is 0 Å². The first-order chi connectivity index (χ1) is 3.80. The van der Waals surface area contributed by atoms with Crippen LogP contribution in [-0.2, 0) is 4.79 Å². The minimum atomic E-state index is 0.155. The average molecular weight is 112 g/mol. The molecule has 1 saturated heterocycles. The fourth-order valence-corrected chi connectivity index (χ4v) is 1.37. The Hall–Kier alpha value is -0.570. The Balaban J connectivity index is 2.18. The zero-order valence-corrected chi connectivity index (χ0v) is 4.42. The van der Waals surface area contributed by atoms with Gasteiger partial charge in [0.25, 0.3) is 0 Å². The van der Waals surface area contributed by atoms with Crippen LogP contribution in [-0.4, -0.2) is 18.5 Å². The second-order valence-corrected chi connectivity index (χ2v) is 2.51. The first-order valence-corrected chi connectivity index (χ1v) is 2.84. The van der Waals surface area contributed by atoms with E-state index in [9.17, 15) is 4.79 Å². The van der Waals surface area contributed by atoms with Gasteiger partial charge in [-0.2, -0.15) is 0 Å². The van der Waals surface area contributed by atoms with E-state index < -0.39 is 0 Å². The Morgan fingerprint density at radius 3 is 2.75 bits per heavy atom. The van der Waals surface area contributed by atoms with E-state index in [-0.39, 0.29) is 17.9 Å². The van der Waals surface area contributed by atoms with Crippen LogP contribution < -0.4 is 11.1 Å². The molecule has 0 aromatic rings. The predicted molar refractivity (Wildman–Crippen MR) is 28.0 cm³/mol. The van der Waals surface area contributed by atoms with Gasteiger partial charge in [-0.3, -0.25) is 4.79 Å². The molecule has 0 spiro atoms. The molecule has 8 heavy (non-hydrogen) atoms. The largest absolute Gasteiger partial charge is 0.355 e. The second-order valence-electron chi connectivity index (χ2n) is 2.51. The van der Waals surface area contributed by atoms with E-state index in [0.717, 1.165) is 6.54 Å². The van der Waals surface area contributed by atoms with Crippen LogP contribution in [0.5, 0.6) is 0 Å². The molecule has 1 heterocycles. The lowest BCUT2D eigenvalue weighted by Gasteiger charge is -1.95. The summed E-state index contributed by atoms with van der Waals surface area (Å²) in [5.74, 6) is 0.806. The molecule has 0 bridgehead atoms. The smallest absolute Gasteiger partial charge is 0.225 e. The lowest BCUT2D eigenvalue weighted by atomic mass is 10.4. The monoisotopic (exact) mass is 112 g/mol. The fraction of sp³-hybridized carbons (Fsp3) is 0.800. The van der Waals surface area contributed by atoms with Crippen LogP contribution in [0.1, 0.15) is 0 Å². The van der Waals surface area contributed by atoms with Gasteiger partial charge in [-0.25, -0.2) is 0 Å². The summed E-state index contributed by atoms with van der Waals surface area (Å²) < 4.78 is 0. The molecule has 3 N–H and O–H groups in total. The van der Waals surface area contributed by atoms with Crippen molar-refractivity contribution in [1.82, 2.24) is 5.32 Å². The molecular weight excluding hydrogens is 104 g/mol. The molecule has 3 nitrogen and oxygen atoms in total. The van der Waals surface area contributed by atoms with Crippen molar-refractivity contribution in [1.29, 1.82) is 0 Å². The first kappa shape index (κ1) is 4.32. The van der Waals surface area contributed by atoms with E-state index >= 15 is 0 Å². The Kier molecular flexibility index (Phi) is 0.568. The van der Waals surface area contributed by atoms with Crippen molar-refractivity contribution in [2.45, 2.75) is 6.04 Å². The van der Waals surface area contributed by atoms with Crippen molar-refractivity contribution in [2.75, 3.05) is 6.54 Å². The highest BCUT2D eigenvalue weighted by molar-refractivity contribution is 5.85. The third kappa shape index (κ3) is 0.314. The van der Waals surface area contributed by atoms with Crippen LogP contribution in [0.3, 0.4) is 0 Å². The predicted octanol–water partition coefficient (Wildman–Crippen LogP) is -1.31. The quantitative estimate of drug-likeness (QED) is 0.409. The van der Waals surface area contributed by atoms with Crippen molar-refractivity contribution in [3.05, 3.63) is 0 Å². The van der Waals surface area contributed by atoms with E-state index in [1.165, 1.54) is 0 Å². The van der Waals surface area contributed by atoms with Crippen LogP contribution in [0.25, 0.3) is 0 Å². The van der Waals surface area contributed by atoms with Gasteiger partial charge in [-0.1, -0.05) is 0 Å². The van der Waals surface area contributed by atoms with Crippen molar-refractivity contribution in [3.63, 3.8) is 0 Å². The maximum atomic E-state index is 10.6. The summed E-state index contributed by atoms with van der Waals surface area (Å²) in [7, 11) is 0. The Bertz CT molecular complexity index is 145. The third-order valence-electron chi connectivity index (χ3n) is 2.04. The molecule has 0 aromatic heterocycles. The molecule has 0 aromatic carbocycles. The standard InChI is InChI=1S/C5H8N2O/c6-4-2-1-7-5(8)3(2)4/h2-4H,1,6H2,(H,7,8). The van der Waals surface area contributed by atoms with Gasteiger partial charge in [0, 0.05) is 18.5 Å². The lowest BCUT2D eigenvalue weighted by molar-refractivity contribution is -0.120. The number of hydrogen-bond acceptors (Lipinski definition) is 2. The van der Waals surface area contributed by atoms with E-state index in [2.05, 4.69) is 5.32 Å². The molecule has 1 aliphatic heterocycles. The number of fused-ring (bicyclic) bond motifs is 1. The SMILES string of the molecule is NC1C2CNC(=O)C12. The van der Waals surface area contributed by atoms with Crippen molar-refractivity contribution < 1.29 is 4.79 Å². The molecule has 3 heteroatoms. The topological polar surface area (TPSA) is 55.1 Å². The molecule has 1 aliphatic carbocycles. The molecule has 1 saturated carbocycles. The number of rotatable bonds is 0. The highest BCUT2D eigenvalue weighted by Gasteiger charge is 2.56. The molecule has 2 rings (SSSR count). The zero-order chi connectivity index (χ0) is 5.72. The minimum absolute atomic E-state index is 0.155. The first-order valence-electron chi connectivity index (χ1n) is 2.84. The summed E-state index contributed by atoms with van der Waals surface area (Å²) in [5, 5.41) is 2.73. The van der Waals surface area contributed by atoms with Gasteiger partial charge in [0.2, 0.25) is 5.91 Å². The fourth-order valence-electron chi connectivity index (χ4n) is 1.37. The normalized spacial score (nSPS) is 50.6. The van der Waals surface area contributed by atoms with Gasteiger partial charge in [0.15, 0.2) is 0 Å². The summed E-state index contributed by atoms with van der Waals surface area (Å²) in [6, 6.07) is 0.184. The van der Waals surface area contributed by atoms with Crippen molar-refractivity contribution >= 4 is 5.91 Å². The molecule has 0 radical (unpaired) electrons. The molecule has 44 valence electrons. The second kappa shape index (κ2) is 1.05. The summed E-state index contributed by atoms with van der Waals surface area (Å²) in [4.78, 5) is 10.6.